The summed E-state index contributed by atoms with van der Waals surface area (Å²) < 4.78 is 45.6. The molecule has 0 amide bonds. The van der Waals surface area contributed by atoms with Crippen molar-refractivity contribution in [2.24, 2.45) is 0 Å². The SMILES string of the molecule is COc1ccc(NC(SCc2ccccc2F)=C(C#N)S(=O)(=O)c2ccccc2)cc1Cl. The molecule has 5 nitrogen and oxygen atoms in total. The van der Waals surface area contributed by atoms with Gasteiger partial charge in [-0.1, -0.05) is 48.0 Å². The highest BCUT2D eigenvalue weighted by molar-refractivity contribution is 8.04. The van der Waals surface area contributed by atoms with Gasteiger partial charge in [-0.3, -0.25) is 0 Å². The van der Waals surface area contributed by atoms with E-state index < -0.39 is 20.6 Å². The molecule has 0 aliphatic rings. The molecule has 32 heavy (non-hydrogen) atoms. The maximum absolute atomic E-state index is 14.1. The Bertz CT molecular complexity index is 1290. The maximum atomic E-state index is 14.1. The van der Waals surface area contributed by atoms with Gasteiger partial charge in [0.25, 0.3) is 0 Å². The Morgan fingerprint density at radius 2 is 1.81 bits per heavy atom. The van der Waals surface area contributed by atoms with Crippen LogP contribution in [0.5, 0.6) is 5.75 Å². The van der Waals surface area contributed by atoms with Gasteiger partial charge in [0, 0.05) is 11.4 Å². The molecule has 0 heterocycles. The van der Waals surface area contributed by atoms with Crippen LogP contribution in [-0.2, 0) is 15.6 Å². The first-order valence-electron chi connectivity index (χ1n) is 9.28. The highest BCUT2D eigenvalue weighted by atomic mass is 35.5. The van der Waals surface area contributed by atoms with Gasteiger partial charge in [-0.2, -0.15) is 5.26 Å². The first-order chi connectivity index (χ1) is 15.4. The maximum Gasteiger partial charge on any atom is 0.219 e. The molecule has 9 heteroatoms. The summed E-state index contributed by atoms with van der Waals surface area (Å²) in [5.74, 6) is 0.129. The third-order valence-electron chi connectivity index (χ3n) is 4.37. The van der Waals surface area contributed by atoms with Crippen LogP contribution >= 0.6 is 23.4 Å². The van der Waals surface area contributed by atoms with E-state index in [2.05, 4.69) is 5.32 Å². The molecule has 3 rings (SSSR count). The summed E-state index contributed by atoms with van der Waals surface area (Å²) in [5.41, 5.74) is 0.821. The van der Waals surface area contributed by atoms with Crippen LogP contribution in [0.3, 0.4) is 0 Å². The Hall–Kier alpha value is -2.99. The molecule has 0 bridgehead atoms. The Morgan fingerprint density at radius 1 is 1.12 bits per heavy atom. The molecule has 0 spiro atoms. The molecule has 0 fully saturated rings. The molecule has 0 saturated heterocycles. The number of nitrogens with zero attached hydrogens (tertiary/aromatic N) is 1. The average Bonchev–Trinajstić information content (AvgIpc) is 2.79. The van der Waals surface area contributed by atoms with E-state index in [4.69, 9.17) is 16.3 Å². The number of anilines is 1. The van der Waals surface area contributed by atoms with Gasteiger partial charge in [-0.25, -0.2) is 12.8 Å². The van der Waals surface area contributed by atoms with Crippen LogP contribution in [0, 0.1) is 17.1 Å². The van der Waals surface area contributed by atoms with Crippen LogP contribution in [0.1, 0.15) is 5.56 Å². The van der Waals surface area contributed by atoms with Crippen LogP contribution in [0.2, 0.25) is 5.02 Å². The van der Waals surface area contributed by atoms with Crippen molar-refractivity contribution in [1.29, 1.82) is 5.26 Å². The Morgan fingerprint density at radius 3 is 2.44 bits per heavy atom. The molecule has 0 saturated carbocycles. The minimum Gasteiger partial charge on any atom is -0.495 e. The number of nitriles is 1. The predicted octanol–water partition coefficient (Wildman–Crippen LogP) is 6.00. The van der Waals surface area contributed by atoms with Crippen LogP contribution in [0.25, 0.3) is 0 Å². The molecule has 0 aromatic heterocycles. The largest absolute Gasteiger partial charge is 0.495 e. The molecule has 0 aliphatic heterocycles. The van der Waals surface area contributed by atoms with Crippen molar-refractivity contribution in [3.8, 4) is 11.8 Å². The van der Waals surface area contributed by atoms with Crippen molar-refractivity contribution in [1.82, 2.24) is 0 Å². The van der Waals surface area contributed by atoms with Crippen molar-refractivity contribution in [2.45, 2.75) is 10.6 Å². The van der Waals surface area contributed by atoms with Crippen LogP contribution in [-0.4, -0.2) is 15.5 Å². The second kappa shape index (κ2) is 10.6. The monoisotopic (exact) mass is 488 g/mol. The van der Waals surface area contributed by atoms with Crippen molar-refractivity contribution in [2.75, 3.05) is 12.4 Å². The van der Waals surface area contributed by atoms with E-state index >= 15 is 0 Å². The lowest BCUT2D eigenvalue weighted by molar-refractivity contribution is 0.415. The molecule has 3 aromatic carbocycles. The Labute approximate surface area is 195 Å². The van der Waals surface area contributed by atoms with E-state index in [9.17, 15) is 18.1 Å². The van der Waals surface area contributed by atoms with Crippen molar-refractivity contribution < 1.29 is 17.5 Å². The van der Waals surface area contributed by atoms with Crippen molar-refractivity contribution in [3.05, 3.63) is 99.1 Å². The fourth-order valence-electron chi connectivity index (χ4n) is 2.75. The molecule has 0 unspecified atom stereocenters. The van der Waals surface area contributed by atoms with Crippen molar-refractivity contribution >= 4 is 38.9 Å². The second-order valence-electron chi connectivity index (χ2n) is 6.44. The Balaban J connectivity index is 2.06. The highest BCUT2D eigenvalue weighted by Gasteiger charge is 2.26. The predicted molar refractivity (Wildman–Crippen MR) is 126 cm³/mol. The summed E-state index contributed by atoms with van der Waals surface area (Å²) >= 11 is 7.19. The average molecular weight is 489 g/mol. The quantitative estimate of drug-likeness (QED) is 0.392. The van der Waals surface area contributed by atoms with Gasteiger partial charge < -0.3 is 10.1 Å². The first-order valence-corrected chi connectivity index (χ1v) is 12.1. The van der Waals surface area contributed by atoms with Crippen molar-refractivity contribution in [3.63, 3.8) is 0 Å². The van der Waals surface area contributed by atoms with E-state index in [0.717, 1.165) is 11.8 Å². The molecule has 0 aliphatic carbocycles. The summed E-state index contributed by atoms with van der Waals surface area (Å²) in [4.78, 5) is -0.493. The smallest absolute Gasteiger partial charge is 0.219 e. The van der Waals surface area contributed by atoms with E-state index in [-0.39, 0.29) is 15.7 Å². The normalized spacial score (nSPS) is 11.9. The number of sulfone groups is 1. The van der Waals surface area contributed by atoms with E-state index in [1.807, 2.05) is 0 Å². The van der Waals surface area contributed by atoms with Crippen LogP contribution < -0.4 is 10.1 Å². The number of methoxy groups -OCH3 is 1. The molecular formula is C23H18ClFN2O3S2. The molecule has 0 radical (unpaired) electrons. The summed E-state index contributed by atoms with van der Waals surface area (Å²) in [6, 6.07) is 20.4. The van der Waals surface area contributed by atoms with Gasteiger partial charge in [0.2, 0.25) is 9.84 Å². The lowest BCUT2D eigenvalue weighted by atomic mass is 10.2. The highest BCUT2D eigenvalue weighted by Crippen LogP contribution is 2.34. The zero-order valence-electron chi connectivity index (χ0n) is 16.9. The number of benzene rings is 3. The van der Waals surface area contributed by atoms with Gasteiger partial charge in [-0.05, 0) is 42.0 Å². The summed E-state index contributed by atoms with van der Waals surface area (Å²) in [6.45, 7) is 0. The zero-order chi connectivity index (χ0) is 23.1. The third kappa shape index (κ3) is 5.43. The lowest BCUT2D eigenvalue weighted by Gasteiger charge is -2.15. The van der Waals surface area contributed by atoms with Gasteiger partial charge >= 0.3 is 0 Å². The van der Waals surface area contributed by atoms with Gasteiger partial charge in [0.15, 0.2) is 4.91 Å². The van der Waals surface area contributed by atoms with Crippen LogP contribution in [0.4, 0.5) is 10.1 Å². The zero-order valence-corrected chi connectivity index (χ0v) is 19.3. The number of nitrogens with one attached hydrogen (secondary N) is 1. The van der Waals surface area contributed by atoms with E-state index in [0.29, 0.717) is 22.0 Å². The number of allylic oxidation sites excluding steroid dienone is 1. The van der Waals surface area contributed by atoms with Gasteiger partial charge in [0.05, 0.1) is 17.0 Å². The second-order valence-corrected chi connectivity index (χ2v) is 9.72. The number of ether oxygens (including phenoxy) is 1. The molecule has 1 N–H and O–H groups in total. The Kier molecular flexibility index (Phi) is 7.80. The lowest BCUT2D eigenvalue weighted by Crippen LogP contribution is -2.10. The topological polar surface area (TPSA) is 79.2 Å². The fourth-order valence-corrected chi connectivity index (χ4v) is 5.58. The fraction of sp³-hybridized carbons (Fsp3) is 0.0870. The number of rotatable bonds is 8. The third-order valence-corrected chi connectivity index (χ3v) is 7.57. The van der Waals surface area contributed by atoms with Gasteiger partial charge in [0.1, 0.15) is 22.7 Å². The number of hydrogen-bond donors (Lipinski definition) is 1. The van der Waals surface area contributed by atoms with Gasteiger partial charge in [-0.15, -0.1) is 11.8 Å². The minimum atomic E-state index is -4.12. The number of halogens is 2. The standard InChI is InChI=1S/C23H18ClFN2O3S2/c1-30-21-12-11-17(13-19(21)24)27-23(31-15-16-7-5-6-10-20(16)25)22(14-26)32(28,29)18-8-3-2-4-9-18/h2-13,27H,15H2,1H3. The molecular weight excluding hydrogens is 471 g/mol. The summed E-state index contributed by atoms with van der Waals surface area (Å²) in [5, 5.41) is 13.1. The number of hydrogen-bond acceptors (Lipinski definition) is 6. The summed E-state index contributed by atoms with van der Waals surface area (Å²) in [7, 11) is -2.65. The van der Waals surface area contributed by atoms with Crippen LogP contribution in [0.15, 0.2) is 87.6 Å². The first kappa shape index (κ1) is 23.7. The number of thioether (sulfide) groups is 1. The minimum absolute atomic E-state index is 0.0184. The summed E-state index contributed by atoms with van der Waals surface area (Å²) in [6.07, 6.45) is 0. The molecule has 164 valence electrons. The van der Waals surface area contributed by atoms with E-state index in [1.54, 1.807) is 60.7 Å². The molecule has 3 aromatic rings. The molecule has 0 atom stereocenters. The van der Waals surface area contributed by atoms with E-state index in [1.165, 1.54) is 25.3 Å².